The summed E-state index contributed by atoms with van der Waals surface area (Å²) < 4.78 is 0. The van der Waals surface area contributed by atoms with Crippen LogP contribution >= 0.6 is 24.0 Å². The first kappa shape index (κ1) is 15.4. The highest BCUT2D eigenvalue weighted by molar-refractivity contribution is 7.99. The largest absolute Gasteiger partial charge is 0.369 e. The number of nitrogens with zero attached hydrogens (tertiary/aromatic N) is 1. The van der Waals surface area contributed by atoms with Crippen molar-refractivity contribution in [2.45, 2.75) is 26.7 Å². The van der Waals surface area contributed by atoms with Crippen LogP contribution in [0.4, 0.5) is 0 Å². The molecule has 2 aliphatic rings. The predicted octanol–water partition coefficient (Wildman–Crippen LogP) is 1.98. The lowest BCUT2D eigenvalue weighted by molar-refractivity contribution is -0.125. The molecule has 2 rings (SSSR count). The lowest BCUT2D eigenvalue weighted by atomic mass is 9.79. The molecule has 2 aliphatic heterocycles. The number of hydrogen-bond acceptors (Lipinski definition) is 3. The maximum atomic E-state index is 12.1. The maximum absolute atomic E-state index is 12.1. The molecule has 0 aromatic carbocycles. The SMILES string of the molecule is CCC[C@@]1(C(N)=O)CSCC2=C1NC(=S)N(CC)C=C2. The molecule has 0 unspecified atom stereocenters. The Kier molecular flexibility index (Phi) is 4.75. The number of hydrogen-bond donors (Lipinski definition) is 2. The molecule has 0 bridgehead atoms. The van der Waals surface area contributed by atoms with Gasteiger partial charge in [0.05, 0.1) is 5.41 Å². The van der Waals surface area contributed by atoms with Crippen molar-refractivity contribution in [1.82, 2.24) is 10.2 Å². The Bertz CT molecular complexity index is 487. The molecular formula is C14H21N3OS2. The number of primary amides is 1. The zero-order chi connectivity index (χ0) is 14.8. The van der Waals surface area contributed by atoms with Crippen molar-refractivity contribution in [3.05, 3.63) is 23.5 Å². The Morgan fingerprint density at radius 1 is 1.60 bits per heavy atom. The zero-order valence-electron chi connectivity index (χ0n) is 11.9. The molecule has 0 saturated carbocycles. The summed E-state index contributed by atoms with van der Waals surface area (Å²) in [6.45, 7) is 4.92. The molecule has 4 nitrogen and oxygen atoms in total. The van der Waals surface area contributed by atoms with Gasteiger partial charge in [-0.3, -0.25) is 4.79 Å². The standard InChI is InChI=1S/C14H21N3OS2/c1-3-6-14(12(15)18)9-20-8-10-5-7-17(4-2)13(19)16-11(10)14/h5,7H,3-4,6,8-9H2,1-2H3,(H2,15,18)(H,16,19)/t14-/m1/s1. The zero-order valence-corrected chi connectivity index (χ0v) is 13.6. The molecule has 20 heavy (non-hydrogen) atoms. The Balaban J connectivity index is 2.46. The van der Waals surface area contributed by atoms with E-state index in [1.54, 1.807) is 11.8 Å². The van der Waals surface area contributed by atoms with Crippen LogP contribution in [0.2, 0.25) is 0 Å². The van der Waals surface area contributed by atoms with Crippen LogP contribution < -0.4 is 11.1 Å². The molecule has 1 amide bonds. The molecule has 110 valence electrons. The van der Waals surface area contributed by atoms with Crippen molar-refractivity contribution in [2.75, 3.05) is 18.1 Å². The number of nitrogens with two attached hydrogens (primary N) is 1. The summed E-state index contributed by atoms with van der Waals surface area (Å²) in [5.41, 5.74) is 7.18. The van der Waals surface area contributed by atoms with Crippen molar-refractivity contribution in [3.63, 3.8) is 0 Å². The predicted molar refractivity (Wildman–Crippen MR) is 88.1 cm³/mol. The Morgan fingerprint density at radius 3 is 2.95 bits per heavy atom. The van der Waals surface area contributed by atoms with Gasteiger partial charge >= 0.3 is 0 Å². The summed E-state index contributed by atoms with van der Waals surface area (Å²) in [6, 6.07) is 0. The first-order valence-corrected chi connectivity index (χ1v) is 8.48. The highest BCUT2D eigenvalue weighted by Crippen LogP contribution is 2.42. The average molecular weight is 311 g/mol. The minimum absolute atomic E-state index is 0.257. The van der Waals surface area contributed by atoms with Crippen molar-refractivity contribution in [1.29, 1.82) is 0 Å². The van der Waals surface area contributed by atoms with Gasteiger partial charge in [-0.15, -0.1) is 0 Å². The molecule has 0 radical (unpaired) electrons. The van der Waals surface area contributed by atoms with Crippen LogP contribution in [-0.2, 0) is 4.79 Å². The van der Waals surface area contributed by atoms with Gasteiger partial charge in [0.15, 0.2) is 5.11 Å². The normalized spacial score (nSPS) is 26.1. The van der Waals surface area contributed by atoms with Gasteiger partial charge in [-0.2, -0.15) is 11.8 Å². The van der Waals surface area contributed by atoms with Gasteiger partial charge in [0.2, 0.25) is 5.91 Å². The van der Waals surface area contributed by atoms with Gasteiger partial charge in [0.25, 0.3) is 0 Å². The molecular weight excluding hydrogens is 290 g/mol. The molecule has 0 aliphatic carbocycles. The molecule has 0 aromatic rings. The molecule has 0 spiro atoms. The van der Waals surface area contributed by atoms with E-state index >= 15 is 0 Å². The van der Waals surface area contributed by atoms with E-state index < -0.39 is 5.41 Å². The number of thioether (sulfide) groups is 1. The van der Waals surface area contributed by atoms with E-state index in [9.17, 15) is 4.79 Å². The lowest BCUT2D eigenvalue weighted by Gasteiger charge is -2.38. The number of carbonyl (C=O) groups is 1. The van der Waals surface area contributed by atoms with Crippen LogP contribution in [0, 0.1) is 5.41 Å². The summed E-state index contributed by atoms with van der Waals surface area (Å²) in [5.74, 6) is 1.36. The Morgan fingerprint density at radius 2 is 2.35 bits per heavy atom. The van der Waals surface area contributed by atoms with Crippen LogP contribution in [0.25, 0.3) is 0 Å². The van der Waals surface area contributed by atoms with Gasteiger partial charge in [0.1, 0.15) is 0 Å². The van der Waals surface area contributed by atoms with Crippen molar-refractivity contribution in [2.24, 2.45) is 11.1 Å². The summed E-state index contributed by atoms with van der Waals surface area (Å²) in [6.07, 6.45) is 5.71. The van der Waals surface area contributed by atoms with Crippen molar-refractivity contribution < 1.29 is 4.79 Å². The fourth-order valence-corrected chi connectivity index (χ4v) is 4.37. The van der Waals surface area contributed by atoms with E-state index in [1.807, 2.05) is 18.0 Å². The molecule has 0 fully saturated rings. The Hall–Kier alpha value is -1.01. The van der Waals surface area contributed by atoms with Crippen LogP contribution in [-0.4, -0.2) is 34.0 Å². The maximum Gasteiger partial charge on any atom is 0.230 e. The summed E-state index contributed by atoms with van der Waals surface area (Å²) >= 11 is 7.19. The van der Waals surface area contributed by atoms with Crippen LogP contribution in [0.15, 0.2) is 23.5 Å². The van der Waals surface area contributed by atoms with E-state index in [0.717, 1.165) is 42.2 Å². The van der Waals surface area contributed by atoms with Gasteiger partial charge in [-0.05, 0) is 37.2 Å². The second-order valence-corrected chi connectivity index (χ2v) is 6.49. The van der Waals surface area contributed by atoms with Gasteiger partial charge in [0, 0.05) is 29.9 Å². The van der Waals surface area contributed by atoms with Gasteiger partial charge < -0.3 is 16.0 Å². The van der Waals surface area contributed by atoms with E-state index in [-0.39, 0.29) is 5.91 Å². The first-order chi connectivity index (χ1) is 9.55. The topological polar surface area (TPSA) is 58.4 Å². The van der Waals surface area contributed by atoms with Crippen molar-refractivity contribution in [3.8, 4) is 0 Å². The number of thiocarbonyl (C=S) groups is 1. The highest BCUT2D eigenvalue weighted by Gasteiger charge is 2.44. The van der Waals surface area contributed by atoms with Gasteiger partial charge in [-0.1, -0.05) is 13.3 Å². The second kappa shape index (κ2) is 6.18. The quantitative estimate of drug-likeness (QED) is 0.778. The van der Waals surface area contributed by atoms with Crippen LogP contribution in [0.5, 0.6) is 0 Å². The molecule has 0 saturated heterocycles. The van der Waals surface area contributed by atoms with E-state index in [2.05, 4.69) is 18.3 Å². The average Bonchev–Trinajstić information content (AvgIpc) is 2.58. The third kappa shape index (κ3) is 2.59. The molecule has 0 aromatic heterocycles. The van der Waals surface area contributed by atoms with Gasteiger partial charge in [-0.25, -0.2) is 0 Å². The summed E-state index contributed by atoms with van der Waals surface area (Å²) in [4.78, 5) is 14.1. The molecule has 3 N–H and O–H groups in total. The number of nitrogens with one attached hydrogen (secondary N) is 1. The molecule has 6 heteroatoms. The second-order valence-electron chi connectivity index (χ2n) is 5.12. The van der Waals surface area contributed by atoms with E-state index in [4.69, 9.17) is 18.0 Å². The molecule has 1 atom stereocenters. The minimum atomic E-state index is -0.620. The Labute approximate surface area is 129 Å². The third-order valence-corrected chi connectivity index (χ3v) is 5.39. The van der Waals surface area contributed by atoms with E-state index in [0.29, 0.717) is 5.11 Å². The lowest BCUT2D eigenvalue weighted by Crippen LogP contribution is -2.49. The smallest absolute Gasteiger partial charge is 0.230 e. The van der Waals surface area contributed by atoms with Crippen LogP contribution in [0.1, 0.15) is 26.7 Å². The number of allylic oxidation sites excluding steroid dienone is 1. The first-order valence-electron chi connectivity index (χ1n) is 6.92. The van der Waals surface area contributed by atoms with Crippen molar-refractivity contribution >= 4 is 35.0 Å². The number of rotatable bonds is 4. The number of amides is 1. The molecule has 2 heterocycles. The summed E-state index contributed by atoms with van der Waals surface area (Å²) in [5, 5.41) is 3.94. The number of carbonyl (C=O) groups excluding carboxylic acids is 1. The summed E-state index contributed by atoms with van der Waals surface area (Å²) in [7, 11) is 0. The fraction of sp³-hybridized carbons (Fsp3) is 0.571. The minimum Gasteiger partial charge on any atom is -0.369 e. The van der Waals surface area contributed by atoms with E-state index in [1.165, 1.54) is 0 Å². The fourth-order valence-electron chi connectivity index (χ4n) is 2.74. The monoisotopic (exact) mass is 311 g/mol. The highest BCUT2D eigenvalue weighted by atomic mass is 32.2. The third-order valence-electron chi connectivity index (χ3n) is 3.84. The van der Waals surface area contributed by atoms with Crippen LogP contribution in [0.3, 0.4) is 0 Å².